The van der Waals surface area contributed by atoms with Crippen molar-refractivity contribution >= 4 is 0 Å². The molecule has 0 aliphatic heterocycles. The number of hydrogen-bond acceptors (Lipinski definition) is 1. The summed E-state index contributed by atoms with van der Waals surface area (Å²) in [4.78, 5) is 0. The molecule has 2 aromatic rings. The second-order valence-electron chi connectivity index (χ2n) is 4.25. The molecule has 1 aromatic carbocycles. The van der Waals surface area contributed by atoms with E-state index in [2.05, 4.69) is 29.1 Å². The van der Waals surface area contributed by atoms with Gasteiger partial charge in [0.25, 0.3) is 0 Å². The summed E-state index contributed by atoms with van der Waals surface area (Å²) in [5.74, 6) is -0.189. The Kier molecular flexibility index (Phi) is 3.59. The van der Waals surface area contributed by atoms with Gasteiger partial charge in [0.05, 0.1) is 0 Å². The highest BCUT2D eigenvalue weighted by atomic mass is 19.1. The molecule has 0 spiro atoms. The van der Waals surface area contributed by atoms with Gasteiger partial charge in [0.1, 0.15) is 5.82 Å². The first-order valence-electron chi connectivity index (χ1n) is 5.76. The van der Waals surface area contributed by atoms with Crippen LogP contribution in [-0.2, 0) is 6.54 Å². The summed E-state index contributed by atoms with van der Waals surface area (Å²) in [5.41, 5.74) is 2.36. The fraction of sp³-hybridized carbons (Fsp3) is 0.286. The molecule has 3 heteroatoms. The Labute approximate surface area is 101 Å². The van der Waals surface area contributed by atoms with E-state index in [-0.39, 0.29) is 5.82 Å². The van der Waals surface area contributed by atoms with Crippen molar-refractivity contribution < 1.29 is 4.39 Å². The minimum atomic E-state index is -0.189. The van der Waals surface area contributed by atoms with Gasteiger partial charge in [-0.05, 0) is 43.3 Å². The van der Waals surface area contributed by atoms with Crippen molar-refractivity contribution in [2.75, 3.05) is 7.05 Å². The van der Waals surface area contributed by atoms with E-state index in [1.807, 2.05) is 25.4 Å². The molecule has 17 heavy (non-hydrogen) atoms. The Morgan fingerprint density at radius 2 is 1.94 bits per heavy atom. The number of rotatable bonds is 4. The zero-order chi connectivity index (χ0) is 12.3. The summed E-state index contributed by atoms with van der Waals surface area (Å²) in [6.07, 6.45) is 4.16. The lowest BCUT2D eigenvalue weighted by Gasteiger charge is -2.07. The maximum absolute atomic E-state index is 12.8. The quantitative estimate of drug-likeness (QED) is 0.857. The molecule has 0 radical (unpaired) electrons. The second-order valence-corrected chi connectivity index (χ2v) is 4.25. The highest BCUT2D eigenvalue weighted by molar-refractivity contribution is 5.19. The first-order chi connectivity index (χ1) is 8.19. The molecular formula is C14H17FN2. The smallest absolute Gasteiger partial charge is 0.123 e. The molecule has 0 bridgehead atoms. The van der Waals surface area contributed by atoms with Gasteiger partial charge >= 0.3 is 0 Å². The van der Waals surface area contributed by atoms with Gasteiger partial charge in [-0.1, -0.05) is 12.1 Å². The number of hydrogen-bond donors (Lipinski definition) is 1. The van der Waals surface area contributed by atoms with Crippen LogP contribution in [0, 0.1) is 5.82 Å². The third kappa shape index (κ3) is 2.94. The molecule has 1 N–H and O–H groups in total. The molecular weight excluding hydrogens is 215 g/mol. The average Bonchev–Trinajstić information content (AvgIpc) is 2.80. The Morgan fingerprint density at radius 3 is 2.59 bits per heavy atom. The van der Waals surface area contributed by atoms with Gasteiger partial charge in [-0.25, -0.2) is 4.39 Å². The molecule has 2 rings (SSSR count). The minimum Gasteiger partial charge on any atom is -0.350 e. The predicted octanol–water partition coefficient (Wildman–Crippen LogP) is 2.96. The van der Waals surface area contributed by atoms with Crippen LogP contribution in [0.2, 0.25) is 0 Å². The summed E-state index contributed by atoms with van der Waals surface area (Å²) in [6, 6.07) is 9.08. The summed E-state index contributed by atoms with van der Waals surface area (Å²) in [6.45, 7) is 2.90. The van der Waals surface area contributed by atoms with Crippen LogP contribution in [0.15, 0.2) is 42.7 Å². The summed E-state index contributed by atoms with van der Waals surface area (Å²) >= 11 is 0. The van der Waals surface area contributed by atoms with Crippen LogP contribution in [0.4, 0.5) is 4.39 Å². The molecule has 2 nitrogen and oxygen atoms in total. The van der Waals surface area contributed by atoms with Gasteiger partial charge in [-0.3, -0.25) is 0 Å². The molecule has 90 valence electrons. The first-order valence-corrected chi connectivity index (χ1v) is 5.76. The van der Waals surface area contributed by atoms with Crippen LogP contribution >= 0.6 is 0 Å². The van der Waals surface area contributed by atoms with E-state index in [1.54, 1.807) is 0 Å². The largest absolute Gasteiger partial charge is 0.350 e. The second kappa shape index (κ2) is 5.15. The van der Waals surface area contributed by atoms with E-state index in [4.69, 9.17) is 0 Å². The maximum Gasteiger partial charge on any atom is 0.123 e. The number of aromatic nitrogens is 1. The summed E-state index contributed by atoms with van der Waals surface area (Å²) in [7, 11) is 1.95. The van der Waals surface area contributed by atoms with Crippen molar-refractivity contribution in [3.05, 3.63) is 59.7 Å². The van der Waals surface area contributed by atoms with E-state index in [9.17, 15) is 4.39 Å². The number of nitrogens with one attached hydrogen (secondary N) is 1. The van der Waals surface area contributed by atoms with Gasteiger partial charge in [-0.2, -0.15) is 0 Å². The lowest BCUT2D eigenvalue weighted by molar-refractivity contribution is 0.626. The van der Waals surface area contributed by atoms with Crippen molar-refractivity contribution in [2.24, 2.45) is 0 Å². The van der Waals surface area contributed by atoms with Crippen LogP contribution in [0.3, 0.4) is 0 Å². The van der Waals surface area contributed by atoms with Gasteiger partial charge in [-0.15, -0.1) is 0 Å². The zero-order valence-corrected chi connectivity index (χ0v) is 10.2. The van der Waals surface area contributed by atoms with Gasteiger partial charge in [0.15, 0.2) is 0 Å². The fourth-order valence-electron chi connectivity index (χ4n) is 1.78. The Balaban J connectivity index is 2.08. The maximum atomic E-state index is 12.8. The molecule has 1 aromatic heterocycles. The Morgan fingerprint density at radius 1 is 1.24 bits per heavy atom. The first kappa shape index (κ1) is 11.9. The highest BCUT2D eigenvalue weighted by Gasteiger charge is 2.04. The fourth-order valence-corrected chi connectivity index (χ4v) is 1.78. The monoisotopic (exact) mass is 232 g/mol. The van der Waals surface area contributed by atoms with Crippen molar-refractivity contribution in [3.63, 3.8) is 0 Å². The van der Waals surface area contributed by atoms with E-state index in [0.717, 1.165) is 12.1 Å². The zero-order valence-electron chi connectivity index (χ0n) is 10.2. The van der Waals surface area contributed by atoms with Crippen LogP contribution in [0.5, 0.6) is 0 Å². The van der Waals surface area contributed by atoms with Crippen molar-refractivity contribution in [1.82, 2.24) is 9.88 Å². The molecule has 0 saturated carbocycles. The third-order valence-corrected chi connectivity index (χ3v) is 2.98. The van der Waals surface area contributed by atoms with Crippen molar-refractivity contribution in [2.45, 2.75) is 19.5 Å². The van der Waals surface area contributed by atoms with Crippen LogP contribution in [-0.4, -0.2) is 11.6 Å². The van der Waals surface area contributed by atoms with E-state index in [1.165, 1.54) is 17.7 Å². The summed E-state index contributed by atoms with van der Waals surface area (Å²) < 4.78 is 14.9. The molecule has 0 fully saturated rings. The van der Waals surface area contributed by atoms with Crippen molar-refractivity contribution in [1.29, 1.82) is 0 Å². The average molecular weight is 232 g/mol. The SMILES string of the molecule is CNC(C)c1ccn(Cc2ccc(F)cc2)c1. The topological polar surface area (TPSA) is 17.0 Å². The van der Waals surface area contributed by atoms with E-state index in [0.29, 0.717) is 6.04 Å². The molecule has 0 aliphatic rings. The molecule has 0 aliphatic carbocycles. The number of benzene rings is 1. The van der Waals surface area contributed by atoms with Gasteiger partial charge in [0.2, 0.25) is 0 Å². The van der Waals surface area contributed by atoms with Gasteiger partial charge < -0.3 is 9.88 Å². The van der Waals surface area contributed by atoms with Crippen LogP contribution in [0.1, 0.15) is 24.1 Å². The third-order valence-electron chi connectivity index (χ3n) is 2.98. The number of nitrogens with zero attached hydrogens (tertiary/aromatic N) is 1. The molecule has 1 unspecified atom stereocenters. The highest BCUT2D eigenvalue weighted by Crippen LogP contribution is 2.13. The van der Waals surface area contributed by atoms with Gasteiger partial charge in [0, 0.05) is 25.0 Å². The molecule has 0 amide bonds. The van der Waals surface area contributed by atoms with Crippen LogP contribution < -0.4 is 5.32 Å². The lowest BCUT2D eigenvalue weighted by atomic mass is 10.2. The standard InChI is InChI=1S/C14H17FN2/c1-11(16-2)13-7-8-17(10-13)9-12-3-5-14(15)6-4-12/h3-8,10-11,16H,9H2,1-2H3. The minimum absolute atomic E-state index is 0.189. The Bertz CT molecular complexity index is 473. The van der Waals surface area contributed by atoms with Crippen molar-refractivity contribution in [3.8, 4) is 0 Å². The number of halogens is 1. The molecule has 0 saturated heterocycles. The Hall–Kier alpha value is -1.61. The molecule has 1 atom stereocenters. The molecule has 1 heterocycles. The van der Waals surface area contributed by atoms with E-state index >= 15 is 0 Å². The predicted molar refractivity (Wildman–Crippen MR) is 67.4 cm³/mol. The lowest BCUT2D eigenvalue weighted by Crippen LogP contribution is -2.11. The van der Waals surface area contributed by atoms with E-state index < -0.39 is 0 Å². The summed E-state index contributed by atoms with van der Waals surface area (Å²) in [5, 5.41) is 3.20. The normalized spacial score (nSPS) is 12.6. The van der Waals surface area contributed by atoms with Crippen LogP contribution in [0.25, 0.3) is 0 Å².